The lowest BCUT2D eigenvalue weighted by atomic mass is 9.76. The van der Waals surface area contributed by atoms with E-state index in [1.54, 1.807) is 7.11 Å². The molecule has 1 aliphatic heterocycles. The molecule has 0 fully saturated rings. The van der Waals surface area contributed by atoms with Gasteiger partial charge >= 0.3 is 0 Å². The summed E-state index contributed by atoms with van der Waals surface area (Å²) in [6, 6.07) is 4.39. The van der Waals surface area contributed by atoms with Crippen LogP contribution in [0.25, 0.3) is 0 Å². The van der Waals surface area contributed by atoms with Crippen molar-refractivity contribution in [3.05, 3.63) is 51.3 Å². The Balaban J connectivity index is 0.000000949. The molecule has 1 atom stereocenters. The third-order valence-corrected chi connectivity index (χ3v) is 6.28. The van der Waals surface area contributed by atoms with E-state index in [4.69, 9.17) is 24.5 Å². The lowest BCUT2D eigenvalue weighted by Gasteiger charge is -2.29. The number of hydrogen-bond acceptors (Lipinski definition) is 6. The summed E-state index contributed by atoms with van der Waals surface area (Å²) in [5.41, 5.74) is 11.9. The second-order valence-electron chi connectivity index (χ2n) is 9.17. The zero-order valence-corrected chi connectivity index (χ0v) is 23.5. The summed E-state index contributed by atoms with van der Waals surface area (Å²) >= 11 is 0. The highest BCUT2D eigenvalue weighted by atomic mass is 16.7. The van der Waals surface area contributed by atoms with E-state index in [0.717, 1.165) is 43.5 Å². The van der Waals surface area contributed by atoms with Gasteiger partial charge in [-0.05, 0) is 67.2 Å². The number of aromatic nitrogens is 2. The number of benzene rings is 1. The Kier molecular flexibility index (Phi) is 12.3. The number of aryl methyl sites for hydroxylation is 3. The first kappa shape index (κ1) is 30.5. The highest BCUT2D eigenvalue weighted by Gasteiger charge is 2.34. The van der Waals surface area contributed by atoms with Gasteiger partial charge in [-0.2, -0.15) is 5.10 Å². The summed E-state index contributed by atoms with van der Waals surface area (Å²) < 4.78 is 7.25. The number of rotatable bonds is 5. The van der Waals surface area contributed by atoms with Gasteiger partial charge in [0.1, 0.15) is 6.79 Å². The first-order valence-electron chi connectivity index (χ1n) is 12.7. The van der Waals surface area contributed by atoms with Gasteiger partial charge in [-0.15, -0.1) is 5.48 Å². The normalized spacial score (nSPS) is 17.3. The Bertz CT molecular complexity index is 956. The number of fused-ring (bicyclic) bond motifs is 1. The fourth-order valence-corrected chi connectivity index (χ4v) is 4.58. The zero-order chi connectivity index (χ0) is 26.8. The Hall–Kier alpha value is -2.51. The molecule has 1 N–H and O–H groups in total. The van der Waals surface area contributed by atoms with E-state index in [9.17, 15) is 0 Å². The number of ether oxygens (including phenoxy) is 1. The summed E-state index contributed by atoms with van der Waals surface area (Å²) in [5.74, 6) is 0.602. The van der Waals surface area contributed by atoms with Crippen LogP contribution >= 0.6 is 0 Å². The molecule has 35 heavy (non-hydrogen) atoms. The van der Waals surface area contributed by atoms with Crippen molar-refractivity contribution in [2.24, 2.45) is 17.5 Å². The molecule has 1 unspecified atom stereocenters. The second-order valence-corrected chi connectivity index (χ2v) is 9.17. The Morgan fingerprint density at radius 3 is 2.34 bits per heavy atom. The van der Waals surface area contributed by atoms with E-state index < -0.39 is 0 Å². The molecule has 7 nitrogen and oxygen atoms in total. The van der Waals surface area contributed by atoms with Crippen molar-refractivity contribution in [3.8, 4) is 0 Å². The van der Waals surface area contributed by atoms with Crippen LogP contribution in [0.3, 0.4) is 0 Å². The minimum absolute atomic E-state index is 0.212. The van der Waals surface area contributed by atoms with Gasteiger partial charge < -0.3 is 14.4 Å². The topological polar surface area (TPSA) is 77.7 Å². The van der Waals surface area contributed by atoms with Gasteiger partial charge in [0, 0.05) is 25.4 Å². The second kappa shape index (κ2) is 14.1. The number of carbonyl (C=O) groups is 1. The molecule has 0 saturated carbocycles. The maximum atomic E-state index is 8.00. The van der Waals surface area contributed by atoms with E-state index in [2.05, 4.69) is 45.3 Å². The Morgan fingerprint density at radius 1 is 1.17 bits per heavy atom. The predicted octanol–water partition coefficient (Wildman–Crippen LogP) is 5.59. The SMILES string of the molecule is C=O.CC.CC.COCCc1c(C)cc(C2N=C(c3nn(C)c4c3CCC(C)(C)C4)ON2)cc1C. The fourth-order valence-electron chi connectivity index (χ4n) is 4.58. The monoisotopic (exact) mass is 486 g/mol. The molecule has 4 rings (SSSR count). The van der Waals surface area contributed by atoms with E-state index in [1.165, 1.54) is 27.9 Å². The van der Waals surface area contributed by atoms with Crippen molar-refractivity contribution < 1.29 is 14.4 Å². The quantitative estimate of drug-likeness (QED) is 0.596. The fraction of sp³-hybridized carbons (Fsp3) is 0.607. The molecule has 1 aromatic heterocycles. The number of hydroxylamine groups is 1. The summed E-state index contributed by atoms with van der Waals surface area (Å²) in [5, 5.41) is 4.76. The van der Waals surface area contributed by atoms with Crippen LogP contribution in [0.15, 0.2) is 17.1 Å². The summed E-state index contributed by atoms with van der Waals surface area (Å²) in [7, 11) is 3.77. The molecular weight excluding hydrogens is 440 g/mol. The number of nitrogens with zero attached hydrogens (tertiary/aromatic N) is 3. The molecule has 0 spiro atoms. The molecule has 0 saturated heterocycles. The van der Waals surface area contributed by atoms with Crippen LogP contribution in [0.2, 0.25) is 0 Å². The largest absolute Gasteiger partial charge is 0.384 e. The summed E-state index contributed by atoms with van der Waals surface area (Å²) in [6.45, 7) is 19.7. The standard InChI is InChI=1S/C23H32N4O2.2C2H6.CH2O/c1-14-11-16(12-15(2)17(14)8-10-28-6)21-24-22(29-26-21)20-18-7-9-23(3,4)13-19(18)27(5)25-20;3*1-2/h11-12,21,26H,7-10,13H2,1-6H3;2*1-2H3;1H2. The number of methoxy groups -OCH3 is 1. The van der Waals surface area contributed by atoms with Gasteiger partial charge in [0.15, 0.2) is 11.9 Å². The van der Waals surface area contributed by atoms with E-state index in [-0.39, 0.29) is 6.17 Å². The Labute approximate surface area is 212 Å². The third-order valence-electron chi connectivity index (χ3n) is 6.28. The highest BCUT2D eigenvalue weighted by molar-refractivity contribution is 5.94. The molecule has 2 heterocycles. The molecule has 0 amide bonds. The first-order valence-corrected chi connectivity index (χ1v) is 12.7. The predicted molar refractivity (Wildman–Crippen MR) is 144 cm³/mol. The molecule has 2 aromatic rings. The van der Waals surface area contributed by atoms with Gasteiger partial charge in [-0.1, -0.05) is 53.7 Å². The number of carbonyl (C=O) groups excluding carboxylic acids is 1. The molecule has 1 aliphatic carbocycles. The number of aliphatic imine (C=N–C) groups is 1. The molecular formula is C28H46N4O3. The van der Waals surface area contributed by atoms with Crippen LogP contribution in [-0.4, -0.2) is 36.2 Å². The van der Waals surface area contributed by atoms with Crippen molar-refractivity contribution in [1.82, 2.24) is 15.3 Å². The zero-order valence-electron chi connectivity index (χ0n) is 23.5. The minimum atomic E-state index is -0.212. The van der Waals surface area contributed by atoms with Crippen molar-refractivity contribution in [2.75, 3.05) is 13.7 Å². The molecule has 2 aliphatic rings. The van der Waals surface area contributed by atoms with Crippen molar-refractivity contribution in [1.29, 1.82) is 0 Å². The lowest BCUT2D eigenvalue weighted by molar-refractivity contribution is -0.0980. The van der Waals surface area contributed by atoms with Crippen LogP contribution < -0.4 is 5.48 Å². The Morgan fingerprint density at radius 2 is 1.77 bits per heavy atom. The first-order chi connectivity index (χ1) is 16.8. The van der Waals surface area contributed by atoms with Gasteiger partial charge in [0.25, 0.3) is 5.90 Å². The van der Waals surface area contributed by atoms with Crippen molar-refractivity contribution in [3.63, 3.8) is 0 Å². The van der Waals surface area contributed by atoms with E-state index in [1.807, 2.05) is 46.2 Å². The summed E-state index contributed by atoms with van der Waals surface area (Å²) in [4.78, 5) is 18.7. The van der Waals surface area contributed by atoms with Crippen LogP contribution in [0.4, 0.5) is 0 Å². The third kappa shape index (κ3) is 7.24. The van der Waals surface area contributed by atoms with Gasteiger partial charge in [-0.25, -0.2) is 4.99 Å². The number of hydrogen-bond donors (Lipinski definition) is 1. The summed E-state index contributed by atoms with van der Waals surface area (Å²) in [6.07, 6.45) is 3.93. The maximum Gasteiger partial charge on any atom is 0.263 e. The molecule has 196 valence electrons. The van der Waals surface area contributed by atoms with Crippen LogP contribution in [0, 0.1) is 19.3 Å². The van der Waals surface area contributed by atoms with Crippen molar-refractivity contribution >= 4 is 12.7 Å². The smallest absolute Gasteiger partial charge is 0.263 e. The van der Waals surface area contributed by atoms with Crippen LogP contribution in [-0.2, 0) is 40.7 Å². The van der Waals surface area contributed by atoms with Crippen molar-refractivity contribution in [2.45, 2.75) is 87.2 Å². The van der Waals surface area contributed by atoms with E-state index in [0.29, 0.717) is 11.3 Å². The average Bonchev–Trinajstić information content (AvgIpc) is 3.47. The lowest BCUT2D eigenvalue weighted by Crippen LogP contribution is -2.24. The van der Waals surface area contributed by atoms with Gasteiger partial charge in [0.05, 0.1) is 6.61 Å². The van der Waals surface area contributed by atoms with Gasteiger partial charge in [-0.3, -0.25) is 4.68 Å². The molecule has 1 aromatic carbocycles. The van der Waals surface area contributed by atoms with Crippen LogP contribution in [0.5, 0.6) is 0 Å². The van der Waals surface area contributed by atoms with Gasteiger partial charge in [0.2, 0.25) is 0 Å². The van der Waals surface area contributed by atoms with Crippen LogP contribution in [0.1, 0.15) is 93.3 Å². The average molecular weight is 487 g/mol. The van der Waals surface area contributed by atoms with E-state index >= 15 is 0 Å². The number of nitrogens with one attached hydrogen (secondary N) is 1. The maximum absolute atomic E-state index is 8.00. The molecule has 7 heteroatoms. The minimum Gasteiger partial charge on any atom is -0.384 e. The molecule has 0 bridgehead atoms. The molecule has 0 radical (unpaired) electrons. The highest BCUT2D eigenvalue weighted by Crippen LogP contribution is 2.37.